The Hall–Kier alpha value is -1.44. The molecule has 0 saturated carbocycles. The fourth-order valence-electron chi connectivity index (χ4n) is 2.37. The third-order valence-corrected chi connectivity index (χ3v) is 3.69. The first-order valence-electron chi connectivity index (χ1n) is 6.02. The fraction of sp³-hybridized carbons (Fsp3) is 0.545. The van der Waals surface area contributed by atoms with Gasteiger partial charge < -0.3 is 15.6 Å². The first-order valence-corrected chi connectivity index (χ1v) is 6.39. The highest BCUT2D eigenvalue weighted by Crippen LogP contribution is 2.35. The lowest BCUT2D eigenvalue weighted by atomic mass is 10.0. The third-order valence-electron chi connectivity index (χ3n) is 3.43. The Morgan fingerprint density at radius 1 is 1.58 bits per heavy atom. The summed E-state index contributed by atoms with van der Waals surface area (Å²) in [6.07, 6.45) is 2.00. The normalized spacial score (nSPS) is 27.2. The highest BCUT2D eigenvalue weighted by Gasteiger charge is 2.33. The number of hydrogen-bond donors (Lipinski definition) is 2. The Bertz CT molecular complexity index is 616. The van der Waals surface area contributed by atoms with Crippen LogP contribution in [0.25, 0.3) is 11.2 Å². The molecule has 0 bridgehead atoms. The van der Waals surface area contributed by atoms with Crippen LogP contribution in [0.5, 0.6) is 0 Å². The van der Waals surface area contributed by atoms with Crippen LogP contribution in [0, 0.1) is 5.92 Å². The van der Waals surface area contributed by atoms with Gasteiger partial charge in [0.1, 0.15) is 11.7 Å². The second-order valence-corrected chi connectivity index (χ2v) is 5.08. The number of aliphatic hydroxyl groups is 1. The summed E-state index contributed by atoms with van der Waals surface area (Å²) < 4.78 is 7.57. The predicted molar refractivity (Wildman–Crippen MR) is 69.5 cm³/mol. The molecule has 3 unspecified atom stereocenters. The molecule has 1 saturated heterocycles. The van der Waals surface area contributed by atoms with E-state index in [1.165, 1.54) is 0 Å². The van der Waals surface area contributed by atoms with Crippen molar-refractivity contribution in [3.63, 3.8) is 0 Å². The first kappa shape index (κ1) is 12.6. The number of rotatable bonds is 2. The molecule has 3 heterocycles. The van der Waals surface area contributed by atoms with Crippen LogP contribution in [0.4, 0.5) is 5.95 Å². The molecule has 3 rings (SSSR count). The van der Waals surface area contributed by atoms with Crippen molar-refractivity contribution in [3.8, 4) is 0 Å². The largest absolute Gasteiger partial charge is 0.394 e. The maximum atomic E-state index is 9.24. The van der Waals surface area contributed by atoms with Gasteiger partial charge in [-0.1, -0.05) is 18.5 Å². The summed E-state index contributed by atoms with van der Waals surface area (Å²) in [5.74, 6) is 0.367. The number of aromatic nitrogens is 4. The molecule has 0 aliphatic carbocycles. The van der Waals surface area contributed by atoms with Gasteiger partial charge >= 0.3 is 0 Å². The van der Waals surface area contributed by atoms with Crippen LogP contribution in [0.1, 0.15) is 19.6 Å². The molecule has 7 nitrogen and oxygen atoms in total. The molecule has 0 amide bonds. The molecular formula is C11H14ClN5O2. The van der Waals surface area contributed by atoms with E-state index in [2.05, 4.69) is 15.0 Å². The Kier molecular flexibility index (Phi) is 3.04. The van der Waals surface area contributed by atoms with Gasteiger partial charge in [-0.2, -0.15) is 9.97 Å². The number of fused-ring (bicyclic) bond motifs is 1. The molecule has 0 radical (unpaired) electrons. The molecule has 2 aromatic heterocycles. The van der Waals surface area contributed by atoms with E-state index in [0.717, 1.165) is 6.42 Å². The standard InChI is InChI=1S/C11H14ClN5O2/c1-5-2-7(19-6(5)3-18)17-4-14-8-9(12)15-11(13)16-10(8)17/h4-7,18H,2-3H2,1H3,(H2,13,15,16). The first-order chi connectivity index (χ1) is 9.10. The molecule has 3 atom stereocenters. The zero-order valence-electron chi connectivity index (χ0n) is 10.3. The molecule has 1 fully saturated rings. The topological polar surface area (TPSA) is 99.1 Å². The van der Waals surface area contributed by atoms with Gasteiger partial charge in [-0.15, -0.1) is 0 Å². The summed E-state index contributed by atoms with van der Waals surface area (Å²) in [4.78, 5) is 12.2. The Morgan fingerprint density at radius 2 is 2.37 bits per heavy atom. The molecular weight excluding hydrogens is 270 g/mol. The summed E-state index contributed by atoms with van der Waals surface area (Å²) in [5.41, 5.74) is 6.65. The van der Waals surface area contributed by atoms with Crippen LogP contribution in [0.2, 0.25) is 5.15 Å². The molecule has 102 valence electrons. The average Bonchev–Trinajstić information content (AvgIpc) is 2.92. The van der Waals surface area contributed by atoms with E-state index < -0.39 is 0 Å². The van der Waals surface area contributed by atoms with Crippen molar-refractivity contribution in [1.82, 2.24) is 19.5 Å². The van der Waals surface area contributed by atoms with E-state index >= 15 is 0 Å². The van der Waals surface area contributed by atoms with Crippen molar-refractivity contribution >= 4 is 28.7 Å². The highest BCUT2D eigenvalue weighted by atomic mass is 35.5. The van der Waals surface area contributed by atoms with Crippen LogP contribution >= 0.6 is 11.6 Å². The van der Waals surface area contributed by atoms with Crippen LogP contribution < -0.4 is 5.73 Å². The van der Waals surface area contributed by atoms with Crippen molar-refractivity contribution in [2.75, 3.05) is 12.3 Å². The van der Waals surface area contributed by atoms with Gasteiger partial charge in [-0.05, 0) is 12.3 Å². The molecule has 19 heavy (non-hydrogen) atoms. The zero-order valence-corrected chi connectivity index (χ0v) is 11.1. The van der Waals surface area contributed by atoms with Crippen molar-refractivity contribution in [1.29, 1.82) is 0 Å². The van der Waals surface area contributed by atoms with Crippen molar-refractivity contribution in [3.05, 3.63) is 11.5 Å². The average molecular weight is 284 g/mol. The number of nitrogen functional groups attached to an aromatic ring is 1. The van der Waals surface area contributed by atoms with Gasteiger partial charge in [0.2, 0.25) is 5.95 Å². The van der Waals surface area contributed by atoms with Gasteiger partial charge in [0.05, 0.1) is 19.0 Å². The summed E-state index contributed by atoms with van der Waals surface area (Å²) in [6, 6.07) is 0. The summed E-state index contributed by atoms with van der Waals surface area (Å²) in [6.45, 7) is 2.04. The lowest BCUT2D eigenvalue weighted by molar-refractivity contribution is -0.0277. The Balaban J connectivity index is 2.02. The van der Waals surface area contributed by atoms with Gasteiger partial charge in [0.25, 0.3) is 0 Å². The maximum absolute atomic E-state index is 9.24. The number of anilines is 1. The van der Waals surface area contributed by atoms with E-state index in [1.807, 2.05) is 6.92 Å². The number of halogens is 1. The second-order valence-electron chi connectivity index (χ2n) is 4.72. The zero-order chi connectivity index (χ0) is 13.6. The molecule has 8 heteroatoms. The van der Waals surface area contributed by atoms with Crippen molar-refractivity contribution in [2.45, 2.75) is 25.7 Å². The smallest absolute Gasteiger partial charge is 0.223 e. The second kappa shape index (κ2) is 4.59. The summed E-state index contributed by atoms with van der Waals surface area (Å²) in [7, 11) is 0. The molecule has 2 aromatic rings. The SMILES string of the molecule is CC1CC(n2cnc3c(Cl)nc(N)nc32)OC1CO. The summed E-state index contributed by atoms with van der Waals surface area (Å²) >= 11 is 5.98. The minimum Gasteiger partial charge on any atom is -0.394 e. The minimum absolute atomic E-state index is 0.00216. The maximum Gasteiger partial charge on any atom is 0.223 e. The van der Waals surface area contributed by atoms with Crippen LogP contribution in [-0.4, -0.2) is 37.3 Å². The van der Waals surface area contributed by atoms with Crippen molar-refractivity contribution < 1.29 is 9.84 Å². The fourth-order valence-corrected chi connectivity index (χ4v) is 2.59. The number of nitrogens with zero attached hydrogens (tertiary/aromatic N) is 4. The van der Waals surface area contributed by atoms with Crippen LogP contribution in [0.3, 0.4) is 0 Å². The Labute approximate surface area is 114 Å². The Morgan fingerprint density at radius 3 is 3.05 bits per heavy atom. The number of nitrogens with two attached hydrogens (primary N) is 1. The lowest BCUT2D eigenvalue weighted by Crippen LogP contribution is -2.18. The van der Waals surface area contributed by atoms with Crippen LogP contribution in [0.15, 0.2) is 6.33 Å². The van der Waals surface area contributed by atoms with Gasteiger partial charge in [-0.3, -0.25) is 4.57 Å². The van der Waals surface area contributed by atoms with Gasteiger partial charge in [0, 0.05) is 0 Å². The van der Waals surface area contributed by atoms with E-state index in [-0.39, 0.29) is 36.0 Å². The van der Waals surface area contributed by atoms with E-state index in [1.54, 1.807) is 10.9 Å². The van der Waals surface area contributed by atoms with E-state index in [9.17, 15) is 5.11 Å². The highest BCUT2D eigenvalue weighted by molar-refractivity contribution is 6.33. The molecule has 0 spiro atoms. The molecule has 1 aliphatic heterocycles. The van der Waals surface area contributed by atoms with E-state index in [0.29, 0.717) is 11.2 Å². The third kappa shape index (κ3) is 2.03. The van der Waals surface area contributed by atoms with Gasteiger partial charge in [-0.25, -0.2) is 4.98 Å². The molecule has 3 N–H and O–H groups in total. The van der Waals surface area contributed by atoms with Crippen LogP contribution in [-0.2, 0) is 4.74 Å². The lowest BCUT2D eigenvalue weighted by Gasteiger charge is -2.14. The van der Waals surface area contributed by atoms with Gasteiger partial charge in [0.15, 0.2) is 10.8 Å². The molecule has 1 aliphatic rings. The number of imidazole rings is 1. The monoisotopic (exact) mass is 283 g/mol. The minimum atomic E-state index is -0.220. The quantitative estimate of drug-likeness (QED) is 0.797. The number of ether oxygens (including phenoxy) is 1. The summed E-state index contributed by atoms with van der Waals surface area (Å²) in [5, 5.41) is 9.46. The number of hydrogen-bond acceptors (Lipinski definition) is 6. The van der Waals surface area contributed by atoms with Crippen molar-refractivity contribution in [2.24, 2.45) is 5.92 Å². The number of aliphatic hydroxyl groups excluding tert-OH is 1. The predicted octanol–water partition coefficient (Wildman–Crippen LogP) is 0.978. The van der Waals surface area contributed by atoms with E-state index in [4.69, 9.17) is 22.1 Å². The molecule has 0 aromatic carbocycles.